The van der Waals surface area contributed by atoms with Gasteiger partial charge < -0.3 is 5.32 Å². The van der Waals surface area contributed by atoms with Gasteiger partial charge in [0.1, 0.15) is 5.82 Å². The van der Waals surface area contributed by atoms with E-state index in [9.17, 15) is 9.18 Å². The largest absolute Gasteiger partial charge is 0.352 e. The van der Waals surface area contributed by atoms with Gasteiger partial charge in [0.25, 0.3) is 5.91 Å². The van der Waals surface area contributed by atoms with E-state index in [1.54, 1.807) is 0 Å². The van der Waals surface area contributed by atoms with Crippen LogP contribution in [-0.2, 0) is 0 Å². The first kappa shape index (κ1) is 14.8. The molecule has 1 N–H and O–H groups in total. The van der Waals surface area contributed by atoms with Crippen LogP contribution in [0.1, 0.15) is 36.0 Å². The van der Waals surface area contributed by atoms with Crippen molar-refractivity contribution in [3.8, 4) is 0 Å². The van der Waals surface area contributed by atoms with Crippen LogP contribution in [0.3, 0.4) is 0 Å². The van der Waals surface area contributed by atoms with Crippen LogP contribution >= 0.6 is 27.5 Å². The second-order valence-electron chi connectivity index (χ2n) is 4.90. The Morgan fingerprint density at radius 3 is 2.84 bits per heavy atom. The lowest BCUT2D eigenvalue weighted by atomic mass is 9.89. The fraction of sp³-hybridized carbons (Fsp3) is 0.500. The van der Waals surface area contributed by atoms with Crippen molar-refractivity contribution in [3.05, 3.63) is 34.6 Å². The number of benzene rings is 1. The molecule has 1 aliphatic rings. The van der Waals surface area contributed by atoms with Crippen molar-refractivity contribution >= 4 is 33.4 Å². The molecule has 1 aromatic rings. The Morgan fingerprint density at radius 1 is 1.42 bits per heavy atom. The molecule has 0 spiro atoms. The molecule has 0 bridgehead atoms. The summed E-state index contributed by atoms with van der Waals surface area (Å²) < 4.78 is 13.3. The summed E-state index contributed by atoms with van der Waals surface area (Å²) in [6.45, 7) is 0.624. The molecule has 0 aliphatic heterocycles. The fourth-order valence-electron chi connectivity index (χ4n) is 2.36. The molecule has 0 heterocycles. The van der Waals surface area contributed by atoms with Crippen LogP contribution in [0.2, 0.25) is 5.02 Å². The van der Waals surface area contributed by atoms with E-state index in [4.69, 9.17) is 11.6 Å². The highest BCUT2D eigenvalue weighted by molar-refractivity contribution is 9.09. The van der Waals surface area contributed by atoms with Gasteiger partial charge in [0.2, 0.25) is 0 Å². The number of rotatable bonds is 3. The molecule has 0 saturated heterocycles. The third-order valence-corrected chi connectivity index (χ3v) is 5.03. The Hall–Kier alpha value is -0.610. The van der Waals surface area contributed by atoms with Crippen molar-refractivity contribution in [3.63, 3.8) is 0 Å². The molecule has 19 heavy (non-hydrogen) atoms. The molecule has 1 aliphatic carbocycles. The Kier molecular flexibility index (Phi) is 5.22. The molecule has 104 valence electrons. The fourth-order valence-corrected chi connectivity index (χ4v) is 3.25. The maximum absolute atomic E-state index is 13.3. The van der Waals surface area contributed by atoms with Crippen LogP contribution in [0.4, 0.5) is 4.39 Å². The molecule has 0 aromatic heterocycles. The second-order valence-corrected chi connectivity index (χ2v) is 6.48. The number of carbonyl (C=O) groups is 1. The van der Waals surface area contributed by atoms with Gasteiger partial charge in [-0.25, -0.2) is 4.39 Å². The van der Waals surface area contributed by atoms with Gasteiger partial charge in [-0.2, -0.15) is 0 Å². The first-order chi connectivity index (χ1) is 9.08. The first-order valence-corrected chi connectivity index (χ1v) is 7.74. The van der Waals surface area contributed by atoms with Crippen LogP contribution in [0.15, 0.2) is 18.2 Å². The lowest BCUT2D eigenvalue weighted by molar-refractivity contribution is 0.0944. The van der Waals surface area contributed by atoms with Gasteiger partial charge in [0, 0.05) is 16.9 Å². The monoisotopic (exact) mass is 347 g/mol. The van der Waals surface area contributed by atoms with E-state index in [0.717, 1.165) is 12.8 Å². The quantitative estimate of drug-likeness (QED) is 0.816. The smallest absolute Gasteiger partial charge is 0.251 e. The molecule has 2 nitrogen and oxygen atoms in total. The zero-order valence-corrected chi connectivity index (χ0v) is 12.8. The number of nitrogens with one attached hydrogen (secondary N) is 1. The average Bonchev–Trinajstić information content (AvgIpc) is 2.40. The molecule has 0 radical (unpaired) electrons. The molecule has 2 unspecified atom stereocenters. The van der Waals surface area contributed by atoms with Crippen LogP contribution < -0.4 is 5.32 Å². The summed E-state index contributed by atoms with van der Waals surface area (Å²) in [6.07, 6.45) is 4.71. The Bertz CT molecular complexity index is 469. The highest BCUT2D eigenvalue weighted by Crippen LogP contribution is 2.29. The SMILES string of the molecule is O=C(NCC1CCCCC1Br)c1ccc(Cl)c(F)c1. The summed E-state index contributed by atoms with van der Waals surface area (Å²) in [4.78, 5) is 12.4. The predicted octanol–water partition coefficient (Wildman–Crippen LogP) is 4.16. The molecule has 1 aromatic carbocycles. The van der Waals surface area contributed by atoms with Crippen molar-refractivity contribution in [1.29, 1.82) is 0 Å². The zero-order chi connectivity index (χ0) is 13.8. The van der Waals surface area contributed by atoms with Gasteiger partial charge in [0.05, 0.1) is 5.02 Å². The summed E-state index contributed by atoms with van der Waals surface area (Å²) in [5.74, 6) is -0.360. The third kappa shape index (κ3) is 3.93. The average molecular weight is 349 g/mol. The summed E-state index contributed by atoms with van der Waals surface area (Å²) in [7, 11) is 0. The van der Waals surface area contributed by atoms with Gasteiger partial charge in [0.15, 0.2) is 0 Å². The molecular weight excluding hydrogens is 333 g/mol. The maximum atomic E-state index is 13.3. The van der Waals surface area contributed by atoms with Crippen molar-refractivity contribution in [1.82, 2.24) is 5.32 Å². The lowest BCUT2D eigenvalue weighted by Gasteiger charge is -2.27. The molecule has 5 heteroatoms. The van der Waals surface area contributed by atoms with E-state index in [1.807, 2.05) is 0 Å². The Morgan fingerprint density at radius 2 is 2.16 bits per heavy atom. The topological polar surface area (TPSA) is 29.1 Å². The van der Waals surface area contributed by atoms with E-state index in [1.165, 1.54) is 31.0 Å². The minimum Gasteiger partial charge on any atom is -0.352 e. The van der Waals surface area contributed by atoms with Gasteiger partial charge in [-0.1, -0.05) is 40.4 Å². The molecule has 2 rings (SSSR count). The predicted molar refractivity (Wildman–Crippen MR) is 78.4 cm³/mol. The number of halogens is 3. The number of amides is 1. The molecule has 1 amide bonds. The number of hydrogen-bond acceptors (Lipinski definition) is 1. The van der Waals surface area contributed by atoms with Gasteiger partial charge in [-0.05, 0) is 37.0 Å². The van der Waals surface area contributed by atoms with Gasteiger partial charge in [-0.15, -0.1) is 0 Å². The highest BCUT2D eigenvalue weighted by Gasteiger charge is 2.23. The number of hydrogen-bond donors (Lipinski definition) is 1. The van der Waals surface area contributed by atoms with Crippen LogP contribution in [-0.4, -0.2) is 17.3 Å². The zero-order valence-electron chi connectivity index (χ0n) is 10.5. The summed E-state index contributed by atoms with van der Waals surface area (Å²) in [5, 5.41) is 2.90. The summed E-state index contributed by atoms with van der Waals surface area (Å²) in [6, 6.07) is 4.11. The standard InChI is InChI=1S/C14H16BrClFNO/c15-11-4-2-1-3-10(11)8-18-14(19)9-5-6-12(16)13(17)7-9/h5-7,10-11H,1-4,8H2,(H,18,19). The van der Waals surface area contributed by atoms with Crippen molar-refractivity contribution in [2.45, 2.75) is 30.5 Å². The lowest BCUT2D eigenvalue weighted by Crippen LogP contribution is -2.34. The van der Waals surface area contributed by atoms with E-state index in [0.29, 0.717) is 22.9 Å². The van der Waals surface area contributed by atoms with Crippen LogP contribution in [0, 0.1) is 11.7 Å². The summed E-state index contributed by atoms with van der Waals surface area (Å²) >= 11 is 9.24. The molecule has 1 fully saturated rings. The molecular formula is C14H16BrClFNO. The van der Waals surface area contributed by atoms with Crippen LogP contribution in [0.5, 0.6) is 0 Å². The van der Waals surface area contributed by atoms with Crippen molar-refractivity contribution in [2.24, 2.45) is 5.92 Å². The van der Waals surface area contributed by atoms with Gasteiger partial charge in [-0.3, -0.25) is 4.79 Å². The maximum Gasteiger partial charge on any atom is 0.251 e. The van der Waals surface area contributed by atoms with Gasteiger partial charge >= 0.3 is 0 Å². The normalized spacial score (nSPS) is 23.1. The van der Waals surface area contributed by atoms with E-state index in [2.05, 4.69) is 21.2 Å². The van der Waals surface area contributed by atoms with Crippen molar-refractivity contribution in [2.75, 3.05) is 6.54 Å². The highest BCUT2D eigenvalue weighted by atomic mass is 79.9. The Balaban J connectivity index is 1.91. The minimum absolute atomic E-state index is 0.0318. The Labute approximate surface area is 125 Å². The van der Waals surface area contributed by atoms with Crippen LogP contribution in [0.25, 0.3) is 0 Å². The summed E-state index contributed by atoms with van der Waals surface area (Å²) in [5.41, 5.74) is 0.309. The minimum atomic E-state index is -0.564. The third-order valence-electron chi connectivity index (χ3n) is 3.52. The second kappa shape index (κ2) is 6.71. The van der Waals surface area contributed by atoms with E-state index >= 15 is 0 Å². The number of carbonyl (C=O) groups excluding carboxylic acids is 1. The first-order valence-electron chi connectivity index (χ1n) is 6.45. The van der Waals surface area contributed by atoms with E-state index < -0.39 is 5.82 Å². The molecule has 2 atom stereocenters. The van der Waals surface area contributed by atoms with Crippen molar-refractivity contribution < 1.29 is 9.18 Å². The molecule has 1 saturated carbocycles. The van der Waals surface area contributed by atoms with E-state index in [-0.39, 0.29) is 10.9 Å². The number of alkyl halides is 1.